The van der Waals surface area contributed by atoms with E-state index in [0.717, 1.165) is 5.56 Å². The molecule has 0 aliphatic heterocycles. The molecular weight excluding hydrogens is 311 g/mol. The second-order valence-corrected chi connectivity index (χ2v) is 5.33. The first-order valence-corrected chi connectivity index (χ1v) is 7.62. The zero-order valence-corrected chi connectivity index (χ0v) is 13.5. The van der Waals surface area contributed by atoms with Crippen LogP contribution in [0.15, 0.2) is 51.7 Å². The third-order valence-corrected chi connectivity index (χ3v) is 3.70. The van der Waals surface area contributed by atoms with Crippen LogP contribution in [0.4, 0.5) is 4.39 Å². The number of hydrogen-bond acceptors (Lipinski definition) is 4. The summed E-state index contributed by atoms with van der Waals surface area (Å²) in [6.07, 6.45) is 0.356. The van der Waals surface area contributed by atoms with E-state index in [2.05, 4.69) is 0 Å². The molecule has 0 N–H and O–H groups in total. The molecule has 3 aromatic rings. The fraction of sp³-hybridized carbons (Fsp3) is 0.211. The Morgan fingerprint density at radius 1 is 1.12 bits per heavy atom. The van der Waals surface area contributed by atoms with Gasteiger partial charge >= 0.3 is 5.63 Å². The van der Waals surface area contributed by atoms with Crippen LogP contribution in [0.25, 0.3) is 11.0 Å². The third kappa shape index (κ3) is 3.25. The number of hydrogen-bond donors (Lipinski definition) is 0. The Hall–Kier alpha value is -2.82. The summed E-state index contributed by atoms with van der Waals surface area (Å²) in [4.78, 5) is 12.3. The molecule has 1 heterocycles. The number of benzene rings is 2. The molecule has 5 heteroatoms. The summed E-state index contributed by atoms with van der Waals surface area (Å²) in [6, 6.07) is 11.2. The number of rotatable bonds is 5. The van der Waals surface area contributed by atoms with Crippen molar-refractivity contribution in [2.45, 2.75) is 13.3 Å². The molecule has 4 nitrogen and oxygen atoms in total. The smallest absolute Gasteiger partial charge is 0.339 e. The number of methoxy groups -OCH3 is 1. The minimum absolute atomic E-state index is 0.311. The van der Waals surface area contributed by atoms with Gasteiger partial charge in [0, 0.05) is 24.1 Å². The van der Waals surface area contributed by atoms with E-state index >= 15 is 0 Å². The standard InChI is InChI=1S/C19H17FO4/c1-3-23-15-10-17(22-2)16-9-13(19(21)24-18(16)11-15)8-12-4-6-14(20)7-5-12/h4-7,9-11H,3,8H2,1-2H3. The Morgan fingerprint density at radius 2 is 1.88 bits per heavy atom. The predicted octanol–water partition coefficient (Wildman–Crippen LogP) is 3.93. The van der Waals surface area contributed by atoms with E-state index in [-0.39, 0.29) is 5.82 Å². The minimum Gasteiger partial charge on any atom is -0.496 e. The van der Waals surface area contributed by atoms with E-state index in [1.165, 1.54) is 12.1 Å². The lowest BCUT2D eigenvalue weighted by atomic mass is 10.0. The summed E-state index contributed by atoms with van der Waals surface area (Å²) in [5.74, 6) is 0.839. The van der Waals surface area contributed by atoms with Crippen molar-refractivity contribution in [1.82, 2.24) is 0 Å². The largest absolute Gasteiger partial charge is 0.496 e. The maximum absolute atomic E-state index is 13.0. The van der Waals surface area contributed by atoms with Gasteiger partial charge in [-0.05, 0) is 30.7 Å². The fourth-order valence-electron chi connectivity index (χ4n) is 2.57. The molecule has 0 fully saturated rings. The van der Waals surface area contributed by atoms with Crippen LogP contribution >= 0.6 is 0 Å². The molecule has 2 aromatic carbocycles. The zero-order valence-electron chi connectivity index (χ0n) is 13.5. The van der Waals surface area contributed by atoms with Gasteiger partial charge in [-0.15, -0.1) is 0 Å². The second kappa shape index (κ2) is 6.74. The molecule has 0 saturated heterocycles. The Kier molecular flexibility index (Phi) is 4.51. The van der Waals surface area contributed by atoms with Crippen LogP contribution in [0.1, 0.15) is 18.1 Å². The highest BCUT2D eigenvalue weighted by Crippen LogP contribution is 2.31. The van der Waals surface area contributed by atoms with Crippen LogP contribution in [-0.4, -0.2) is 13.7 Å². The molecule has 0 spiro atoms. The van der Waals surface area contributed by atoms with E-state index in [1.54, 1.807) is 37.4 Å². The van der Waals surface area contributed by atoms with E-state index in [4.69, 9.17) is 13.9 Å². The number of halogens is 1. The molecule has 3 rings (SSSR count). The zero-order chi connectivity index (χ0) is 17.1. The molecule has 0 unspecified atom stereocenters. The number of ether oxygens (including phenoxy) is 2. The third-order valence-electron chi connectivity index (χ3n) is 3.70. The molecule has 0 bridgehead atoms. The maximum atomic E-state index is 13.0. The molecule has 124 valence electrons. The highest BCUT2D eigenvalue weighted by atomic mass is 19.1. The van der Waals surface area contributed by atoms with Crippen LogP contribution in [0.5, 0.6) is 11.5 Å². The number of fused-ring (bicyclic) bond motifs is 1. The van der Waals surface area contributed by atoms with Gasteiger partial charge in [-0.25, -0.2) is 9.18 Å². The lowest BCUT2D eigenvalue weighted by Gasteiger charge is -2.10. The molecule has 0 amide bonds. The SMILES string of the molecule is CCOc1cc(OC)c2cc(Cc3ccc(F)cc3)c(=O)oc2c1. The predicted molar refractivity (Wildman–Crippen MR) is 89.4 cm³/mol. The minimum atomic E-state index is -0.428. The van der Waals surface area contributed by atoms with E-state index in [9.17, 15) is 9.18 Å². The first-order chi connectivity index (χ1) is 11.6. The highest BCUT2D eigenvalue weighted by Gasteiger charge is 2.12. The van der Waals surface area contributed by atoms with Crippen LogP contribution < -0.4 is 15.1 Å². The van der Waals surface area contributed by atoms with Gasteiger partial charge in [0.2, 0.25) is 0 Å². The lowest BCUT2D eigenvalue weighted by molar-refractivity contribution is 0.336. The van der Waals surface area contributed by atoms with Gasteiger partial charge in [-0.1, -0.05) is 12.1 Å². The van der Waals surface area contributed by atoms with Crippen LogP contribution in [0.2, 0.25) is 0 Å². The van der Waals surface area contributed by atoms with Crippen molar-refractivity contribution < 1.29 is 18.3 Å². The average Bonchev–Trinajstić information content (AvgIpc) is 2.57. The van der Waals surface area contributed by atoms with Gasteiger partial charge in [0.15, 0.2) is 0 Å². The quantitative estimate of drug-likeness (QED) is 0.666. The molecular formula is C19H17FO4. The average molecular weight is 328 g/mol. The van der Waals surface area contributed by atoms with Gasteiger partial charge in [0.25, 0.3) is 0 Å². The van der Waals surface area contributed by atoms with Crippen molar-refractivity contribution in [1.29, 1.82) is 0 Å². The molecule has 24 heavy (non-hydrogen) atoms. The van der Waals surface area contributed by atoms with Gasteiger partial charge in [0.05, 0.1) is 19.1 Å². The fourth-order valence-corrected chi connectivity index (χ4v) is 2.57. The van der Waals surface area contributed by atoms with Gasteiger partial charge in [-0.3, -0.25) is 0 Å². The first kappa shape index (κ1) is 16.1. The molecule has 0 aliphatic rings. The normalized spacial score (nSPS) is 10.8. The molecule has 0 radical (unpaired) electrons. The topological polar surface area (TPSA) is 48.7 Å². The molecule has 0 saturated carbocycles. The van der Waals surface area contributed by atoms with Crippen LogP contribution in [-0.2, 0) is 6.42 Å². The van der Waals surface area contributed by atoms with Crippen molar-refractivity contribution >= 4 is 11.0 Å². The Labute approximate surface area is 138 Å². The van der Waals surface area contributed by atoms with Crippen molar-refractivity contribution in [2.24, 2.45) is 0 Å². The van der Waals surface area contributed by atoms with Crippen molar-refractivity contribution in [3.05, 3.63) is 69.8 Å². The monoisotopic (exact) mass is 328 g/mol. The molecule has 0 aliphatic carbocycles. The summed E-state index contributed by atoms with van der Waals surface area (Å²) in [5, 5.41) is 0.692. The van der Waals surface area contributed by atoms with Gasteiger partial charge in [-0.2, -0.15) is 0 Å². The van der Waals surface area contributed by atoms with Gasteiger partial charge in [0.1, 0.15) is 22.9 Å². The summed E-state index contributed by atoms with van der Waals surface area (Å²) in [5.41, 5.74) is 1.29. The second-order valence-electron chi connectivity index (χ2n) is 5.33. The summed E-state index contributed by atoms with van der Waals surface area (Å²) >= 11 is 0. The maximum Gasteiger partial charge on any atom is 0.339 e. The first-order valence-electron chi connectivity index (χ1n) is 7.62. The van der Waals surface area contributed by atoms with Crippen LogP contribution in [0, 0.1) is 5.82 Å². The highest BCUT2D eigenvalue weighted by molar-refractivity contribution is 5.85. The Balaban J connectivity index is 2.06. The van der Waals surface area contributed by atoms with Crippen LogP contribution in [0.3, 0.4) is 0 Å². The lowest BCUT2D eigenvalue weighted by Crippen LogP contribution is -2.08. The van der Waals surface area contributed by atoms with E-state index < -0.39 is 5.63 Å². The Bertz CT molecular complexity index is 913. The van der Waals surface area contributed by atoms with Crippen molar-refractivity contribution in [2.75, 3.05) is 13.7 Å². The van der Waals surface area contributed by atoms with E-state index in [1.807, 2.05) is 6.92 Å². The summed E-state index contributed by atoms with van der Waals surface area (Å²) < 4.78 is 29.3. The van der Waals surface area contributed by atoms with Gasteiger partial charge < -0.3 is 13.9 Å². The van der Waals surface area contributed by atoms with E-state index in [0.29, 0.717) is 41.1 Å². The Morgan fingerprint density at radius 3 is 2.54 bits per heavy atom. The van der Waals surface area contributed by atoms with Crippen molar-refractivity contribution in [3.63, 3.8) is 0 Å². The molecule has 1 aromatic heterocycles. The molecule has 0 atom stereocenters. The summed E-state index contributed by atoms with van der Waals surface area (Å²) in [6.45, 7) is 2.38. The summed E-state index contributed by atoms with van der Waals surface area (Å²) in [7, 11) is 1.55. The van der Waals surface area contributed by atoms with Crippen molar-refractivity contribution in [3.8, 4) is 11.5 Å².